The highest BCUT2D eigenvalue weighted by Gasteiger charge is 2.18. The van der Waals surface area contributed by atoms with Crippen LogP contribution in [0, 0.1) is 0 Å². The molecule has 9 heteroatoms. The minimum Gasteiger partial charge on any atom is -0.485 e. The maximum absolute atomic E-state index is 12.9. The number of carbonyl (C=O) groups is 2. The summed E-state index contributed by atoms with van der Waals surface area (Å²) >= 11 is 6.04. The van der Waals surface area contributed by atoms with Crippen LogP contribution in [0.1, 0.15) is 20.8 Å². The SMILES string of the molecule is NC(=O)c1cc2cc(Cl)ccc2cc1OCC(=O)c1n[nH]c2cc(Oc3cccnc3)ccc12. The topological polar surface area (TPSA) is 120 Å². The van der Waals surface area contributed by atoms with Crippen molar-refractivity contribution in [1.29, 1.82) is 0 Å². The lowest BCUT2D eigenvalue weighted by molar-refractivity contribution is 0.0909. The monoisotopic (exact) mass is 472 g/mol. The molecule has 2 heterocycles. The number of primary amides is 1. The second-order valence-corrected chi connectivity index (χ2v) is 7.92. The Balaban J connectivity index is 1.37. The number of ketones is 1. The first kappa shape index (κ1) is 21.4. The molecule has 8 nitrogen and oxygen atoms in total. The van der Waals surface area contributed by atoms with Gasteiger partial charge < -0.3 is 15.2 Å². The molecule has 0 bridgehead atoms. The summed E-state index contributed by atoms with van der Waals surface area (Å²) in [5, 5.41) is 9.68. The third kappa shape index (κ3) is 4.26. The third-order valence-electron chi connectivity index (χ3n) is 5.19. The van der Waals surface area contributed by atoms with E-state index in [1.54, 1.807) is 73.1 Å². The van der Waals surface area contributed by atoms with Gasteiger partial charge in [-0.25, -0.2) is 0 Å². The molecule has 0 atom stereocenters. The molecule has 2 aromatic heterocycles. The van der Waals surface area contributed by atoms with Gasteiger partial charge in [-0.05, 0) is 59.3 Å². The number of pyridine rings is 1. The van der Waals surface area contributed by atoms with Crippen molar-refractivity contribution in [3.05, 3.63) is 89.3 Å². The molecule has 34 heavy (non-hydrogen) atoms. The number of fused-ring (bicyclic) bond motifs is 2. The number of aromatic amines is 1. The number of halogens is 1. The van der Waals surface area contributed by atoms with E-state index in [0.29, 0.717) is 27.4 Å². The Morgan fingerprint density at radius 2 is 1.88 bits per heavy atom. The molecule has 0 aliphatic rings. The van der Waals surface area contributed by atoms with Crippen LogP contribution in [-0.4, -0.2) is 33.5 Å². The summed E-state index contributed by atoms with van der Waals surface area (Å²) in [4.78, 5) is 28.8. The Morgan fingerprint density at radius 3 is 2.68 bits per heavy atom. The first-order valence-electron chi connectivity index (χ1n) is 10.2. The number of nitrogens with one attached hydrogen (secondary N) is 1. The fourth-order valence-corrected chi connectivity index (χ4v) is 3.77. The van der Waals surface area contributed by atoms with Crippen molar-refractivity contribution in [3.63, 3.8) is 0 Å². The van der Waals surface area contributed by atoms with Gasteiger partial charge in [-0.2, -0.15) is 5.10 Å². The smallest absolute Gasteiger partial charge is 0.252 e. The molecule has 3 N–H and O–H groups in total. The summed E-state index contributed by atoms with van der Waals surface area (Å²) in [7, 11) is 0. The fourth-order valence-electron chi connectivity index (χ4n) is 3.59. The number of ether oxygens (including phenoxy) is 2. The van der Waals surface area contributed by atoms with E-state index in [9.17, 15) is 9.59 Å². The molecule has 0 saturated heterocycles. The number of carbonyl (C=O) groups excluding carboxylic acids is 2. The number of amides is 1. The van der Waals surface area contributed by atoms with Crippen molar-refractivity contribution < 1.29 is 19.1 Å². The number of hydrogen-bond acceptors (Lipinski definition) is 6. The predicted molar refractivity (Wildman–Crippen MR) is 128 cm³/mol. The van der Waals surface area contributed by atoms with Crippen LogP contribution in [0.3, 0.4) is 0 Å². The van der Waals surface area contributed by atoms with Gasteiger partial charge in [0.1, 0.15) is 22.9 Å². The molecule has 168 valence electrons. The maximum atomic E-state index is 12.9. The molecule has 0 unspecified atom stereocenters. The Kier molecular flexibility index (Phi) is 5.57. The van der Waals surface area contributed by atoms with Crippen molar-refractivity contribution in [3.8, 4) is 17.2 Å². The maximum Gasteiger partial charge on any atom is 0.252 e. The van der Waals surface area contributed by atoms with E-state index in [2.05, 4.69) is 15.2 Å². The van der Waals surface area contributed by atoms with Crippen LogP contribution in [-0.2, 0) is 0 Å². The molecular formula is C25H17ClN4O4. The minimum absolute atomic E-state index is 0.159. The van der Waals surface area contributed by atoms with Gasteiger partial charge in [0.25, 0.3) is 5.91 Å². The zero-order valence-corrected chi connectivity index (χ0v) is 18.4. The zero-order valence-electron chi connectivity index (χ0n) is 17.6. The van der Waals surface area contributed by atoms with Gasteiger partial charge in [0.2, 0.25) is 5.78 Å². The van der Waals surface area contributed by atoms with E-state index in [1.165, 1.54) is 0 Å². The van der Waals surface area contributed by atoms with E-state index in [0.717, 1.165) is 10.8 Å². The number of nitrogens with two attached hydrogens (primary N) is 1. The van der Waals surface area contributed by atoms with Crippen LogP contribution in [0.5, 0.6) is 17.2 Å². The predicted octanol–water partition coefficient (Wildman–Crippen LogP) is 4.92. The van der Waals surface area contributed by atoms with E-state index >= 15 is 0 Å². The van der Waals surface area contributed by atoms with Crippen molar-refractivity contribution in [2.45, 2.75) is 0 Å². The molecule has 3 aromatic carbocycles. The summed E-state index contributed by atoms with van der Waals surface area (Å²) in [5.41, 5.74) is 6.53. The standard InChI is InChI=1S/C25H17ClN4O4/c26-16-4-3-14-10-23(20(25(27)32)9-15(14)8-16)33-13-22(31)24-19-6-5-17(11-21(19)29-30-24)34-18-2-1-7-28-12-18/h1-12H,13H2,(H2,27,32)(H,29,30). The van der Waals surface area contributed by atoms with E-state index in [1.807, 2.05) is 0 Å². The molecule has 0 spiro atoms. The summed E-state index contributed by atoms with van der Waals surface area (Å²) in [5.74, 6) is 0.341. The summed E-state index contributed by atoms with van der Waals surface area (Å²) < 4.78 is 11.5. The van der Waals surface area contributed by atoms with Crippen LogP contribution in [0.15, 0.2) is 73.1 Å². The average Bonchev–Trinajstić information content (AvgIpc) is 3.26. The van der Waals surface area contributed by atoms with Crippen molar-refractivity contribution in [1.82, 2.24) is 15.2 Å². The van der Waals surface area contributed by atoms with Crippen LogP contribution < -0.4 is 15.2 Å². The van der Waals surface area contributed by atoms with Crippen molar-refractivity contribution in [2.75, 3.05) is 6.61 Å². The van der Waals surface area contributed by atoms with Gasteiger partial charge in [-0.3, -0.25) is 19.7 Å². The fraction of sp³-hybridized carbons (Fsp3) is 0.0400. The number of nitrogens with zero attached hydrogens (tertiary/aromatic N) is 2. The quantitative estimate of drug-likeness (QED) is 0.324. The lowest BCUT2D eigenvalue weighted by Crippen LogP contribution is -2.17. The Morgan fingerprint density at radius 1 is 1.00 bits per heavy atom. The molecular weight excluding hydrogens is 456 g/mol. The molecule has 5 rings (SSSR count). The molecule has 0 radical (unpaired) electrons. The average molecular weight is 473 g/mol. The lowest BCUT2D eigenvalue weighted by atomic mass is 10.1. The van der Waals surface area contributed by atoms with Crippen LogP contribution >= 0.6 is 11.6 Å². The highest BCUT2D eigenvalue weighted by atomic mass is 35.5. The number of aromatic nitrogens is 3. The van der Waals surface area contributed by atoms with E-state index in [-0.39, 0.29) is 29.4 Å². The van der Waals surface area contributed by atoms with Crippen LogP contribution in [0.2, 0.25) is 5.02 Å². The summed E-state index contributed by atoms with van der Waals surface area (Å²) in [6.07, 6.45) is 3.26. The van der Waals surface area contributed by atoms with Crippen molar-refractivity contribution >= 4 is 45.0 Å². The molecule has 5 aromatic rings. The molecule has 0 aliphatic heterocycles. The first-order chi connectivity index (χ1) is 16.5. The number of rotatable bonds is 7. The van der Waals surface area contributed by atoms with Gasteiger partial charge >= 0.3 is 0 Å². The second-order valence-electron chi connectivity index (χ2n) is 7.49. The highest BCUT2D eigenvalue weighted by molar-refractivity contribution is 6.31. The summed E-state index contributed by atoms with van der Waals surface area (Å²) in [6, 6.07) is 17.3. The van der Waals surface area contributed by atoms with Gasteiger partial charge in [-0.15, -0.1) is 0 Å². The highest BCUT2D eigenvalue weighted by Crippen LogP contribution is 2.29. The molecule has 1 amide bonds. The van der Waals surface area contributed by atoms with Gasteiger partial charge in [0, 0.05) is 22.7 Å². The number of Topliss-reactive ketones (excluding diaryl/α,β-unsaturated/α-hetero) is 1. The normalized spacial score (nSPS) is 11.0. The third-order valence-corrected chi connectivity index (χ3v) is 5.43. The van der Waals surface area contributed by atoms with Crippen LogP contribution in [0.4, 0.5) is 0 Å². The number of H-pyrrole nitrogens is 1. The van der Waals surface area contributed by atoms with Gasteiger partial charge in [0.15, 0.2) is 6.61 Å². The van der Waals surface area contributed by atoms with Gasteiger partial charge in [0.05, 0.1) is 17.3 Å². The Bertz CT molecular complexity index is 1550. The Hall–Kier alpha value is -4.43. The van der Waals surface area contributed by atoms with E-state index < -0.39 is 5.91 Å². The molecule has 0 aliphatic carbocycles. The number of benzene rings is 3. The van der Waals surface area contributed by atoms with Gasteiger partial charge in [-0.1, -0.05) is 17.7 Å². The molecule has 0 saturated carbocycles. The minimum atomic E-state index is -0.671. The van der Waals surface area contributed by atoms with E-state index in [4.69, 9.17) is 26.8 Å². The zero-order chi connectivity index (χ0) is 23.7. The molecule has 0 fully saturated rings. The second kappa shape index (κ2) is 8.84. The largest absolute Gasteiger partial charge is 0.485 e. The first-order valence-corrected chi connectivity index (χ1v) is 10.6. The summed E-state index contributed by atoms with van der Waals surface area (Å²) in [6.45, 7) is -0.326. The van der Waals surface area contributed by atoms with Crippen molar-refractivity contribution in [2.24, 2.45) is 5.73 Å². The van der Waals surface area contributed by atoms with Crippen LogP contribution in [0.25, 0.3) is 21.7 Å². The number of hydrogen-bond donors (Lipinski definition) is 2. The Labute approximate surface area is 198 Å². The lowest BCUT2D eigenvalue weighted by Gasteiger charge is -2.11.